The van der Waals surface area contributed by atoms with Crippen LogP contribution in [0.25, 0.3) is 0 Å². The summed E-state index contributed by atoms with van der Waals surface area (Å²) in [6.07, 6.45) is -5.64. The highest BCUT2D eigenvalue weighted by Crippen LogP contribution is 2.43. The predicted octanol–water partition coefficient (Wildman–Crippen LogP) is 3.49. The average Bonchev–Trinajstić information content (AvgIpc) is 2.16. The lowest BCUT2D eigenvalue weighted by Crippen LogP contribution is -2.45. The van der Waals surface area contributed by atoms with Gasteiger partial charge in [0.05, 0.1) is 0 Å². The van der Waals surface area contributed by atoms with Crippen molar-refractivity contribution in [3.05, 3.63) is 33.4 Å². The molecule has 1 rings (SSSR count). The Bertz CT molecular complexity index is 359. The van der Waals surface area contributed by atoms with Gasteiger partial charge in [0.25, 0.3) is 0 Å². The molecule has 0 spiro atoms. The summed E-state index contributed by atoms with van der Waals surface area (Å²) in [7, 11) is 0. The summed E-state index contributed by atoms with van der Waals surface area (Å²) in [5.74, 6) is -4.93. The Kier molecular flexibility index (Phi) is 3.78. The summed E-state index contributed by atoms with van der Waals surface area (Å²) in [5, 5.41) is 0. The van der Waals surface area contributed by atoms with Gasteiger partial charge >= 0.3 is 12.1 Å². The van der Waals surface area contributed by atoms with Crippen LogP contribution in [-0.2, 0) is 0 Å². The fraction of sp³-hybridized carbons (Fsp3) is 0.333. The highest BCUT2D eigenvalue weighted by atomic mass is 127. The van der Waals surface area contributed by atoms with Crippen molar-refractivity contribution in [2.24, 2.45) is 5.73 Å². The van der Waals surface area contributed by atoms with Crippen molar-refractivity contribution in [1.29, 1.82) is 0 Å². The van der Waals surface area contributed by atoms with Crippen LogP contribution < -0.4 is 5.73 Å². The van der Waals surface area contributed by atoms with E-state index in [0.717, 1.165) is 15.7 Å². The summed E-state index contributed by atoms with van der Waals surface area (Å²) in [6.45, 7) is 0. The predicted molar refractivity (Wildman–Crippen MR) is 57.1 cm³/mol. The van der Waals surface area contributed by atoms with Crippen LogP contribution in [0, 0.1) is 3.57 Å². The van der Waals surface area contributed by atoms with Crippen LogP contribution >= 0.6 is 22.6 Å². The first-order valence-electron chi connectivity index (χ1n) is 4.12. The number of hydrogen-bond donors (Lipinski definition) is 1. The number of halogens is 6. The Balaban J connectivity index is 3.02. The Labute approximate surface area is 102 Å². The van der Waals surface area contributed by atoms with Gasteiger partial charge in [-0.15, -0.1) is 0 Å². The van der Waals surface area contributed by atoms with Gasteiger partial charge in [-0.2, -0.15) is 22.0 Å². The highest BCUT2D eigenvalue weighted by Gasteiger charge is 2.61. The van der Waals surface area contributed by atoms with Crippen molar-refractivity contribution in [2.45, 2.75) is 18.1 Å². The Hall–Kier alpha value is -0.440. The number of benzene rings is 1. The Morgan fingerprint density at radius 1 is 1.00 bits per heavy atom. The maximum atomic E-state index is 12.9. The summed E-state index contributed by atoms with van der Waals surface area (Å²) in [6, 6.07) is 2.77. The summed E-state index contributed by atoms with van der Waals surface area (Å²) in [5.41, 5.74) is 4.69. The van der Waals surface area contributed by atoms with E-state index in [-0.39, 0.29) is 5.56 Å². The largest absolute Gasteiger partial charge is 0.455 e. The lowest BCUT2D eigenvalue weighted by molar-refractivity contribution is -0.291. The van der Waals surface area contributed by atoms with E-state index >= 15 is 0 Å². The Morgan fingerprint density at radius 3 is 1.81 bits per heavy atom. The lowest BCUT2D eigenvalue weighted by atomic mass is 10.0. The molecule has 1 atom stereocenters. The molecule has 0 unspecified atom stereocenters. The first kappa shape index (κ1) is 13.6. The van der Waals surface area contributed by atoms with Gasteiger partial charge in [0.2, 0.25) is 0 Å². The molecule has 0 fully saturated rings. The molecule has 2 N–H and O–H groups in total. The van der Waals surface area contributed by atoms with Gasteiger partial charge in [-0.3, -0.25) is 0 Å². The zero-order valence-electron chi connectivity index (χ0n) is 7.73. The fourth-order valence-electron chi connectivity index (χ4n) is 1.06. The summed E-state index contributed by atoms with van der Waals surface area (Å²) < 4.78 is 62.5. The molecule has 0 aliphatic carbocycles. The average molecular weight is 351 g/mol. The van der Waals surface area contributed by atoms with Gasteiger partial charge < -0.3 is 5.73 Å². The van der Waals surface area contributed by atoms with E-state index in [4.69, 9.17) is 5.73 Å². The SMILES string of the molecule is N[C@@H](c1ccc(I)cc1)C(F)(F)C(F)(F)F. The molecular weight excluding hydrogens is 344 g/mol. The number of hydrogen-bond acceptors (Lipinski definition) is 1. The minimum Gasteiger partial charge on any atom is -0.319 e. The van der Waals surface area contributed by atoms with Crippen molar-refractivity contribution < 1.29 is 22.0 Å². The quantitative estimate of drug-likeness (QED) is 0.641. The third-order valence-electron chi connectivity index (χ3n) is 2.00. The molecule has 0 heterocycles. The van der Waals surface area contributed by atoms with E-state index in [1.807, 2.05) is 22.6 Å². The molecule has 7 heteroatoms. The minimum atomic E-state index is -5.64. The van der Waals surface area contributed by atoms with E-state index in [2.05, 4.69) is 0 Å². The third-order valence-corrected chi connectivity index (χ3v) is 2.72. The van der Waals surface area contributed by atoms with E-state index in [1.165, 1.54) is 12.1 Å². The van der Waals surface area contributed by atoms with E-state index < -0.39 is 18.1 Å². The second-order valence-electron chi connectivity index (χ2n) is 3.15. The van der Waals surface area contributed by atoms with Gasteiger partial charge in [0.15, 0.2) is 0 Å². The molecule has 1 nitrogen and oxygen atoms in total. The monoisotopic (exact) mass is 351 g/mol. The van der Waals surface area contributed by atoms with Crippen molar-refractivity contribution in [1.82, 2.24) is 0 Å². The fourth-order valence-corrected chi connectivity index (χ4v) is 1.42. The molecule has 0 amide bonds. The normalized spacial score (nSPS) is 14.9. The maximum absolute atomic E-state index is 12.9. The number of alkyl halides is 5. The zero-order valence-corrected chi connectivity index (χ0v) is 9.89. The van der Waals surface area contributed by atoms with Crippen LogP contribution in [0.5, 0.6) is 0 Å². The van der Waals surface area contributed by atoms with Crippen molar-refractivity contribution in [3.8, 4) is 0 Å². The van der Waals surface area contributed by atoms with E-state index in [1.54, 1.807) is 0 Å². The molecule has 1 aromatic rings. The Morgan fingerprint density at radius 2 is 1.44 bits per heavy atom. The molecule has 90 valence electrons. The lowest BCUT2D eigenvalue weighted by Gasteiger charge is -2.25. The molecule has 0 aliphatic heterocycles. The van der Waals surface area contributed by atoms with Gasteiger partial charge in [0.1, 0.15) is 6.04 Å². The van der Waals surface area contributed by atoms with Gasteiger partial charge in [0, 0.05) is 3.57 Å². The van der Waals surface area contributed by atoms with Crippen molar-refractivity contribution in [3.63, 3.8) is 0 Å². The smallest absolute Gasteiger partial charge is 0.319 e. The zero-order chi connectivity index (χ0) is 12.6. The first-order valence-corrected chi connectivity index (χ1v) is 5.19. The van der Waals surface area contributed by atoms with Crippen LogP contribution in [0.2, 0.25) is 0 Å². The maximum Gasteiger partial charge on any atom is 0.455 e. The molecule has 0 aromatic heterocycles. The standard InChI is InChI=1S/C9H7F5IN/c10-8(11,9(12,13)14)7(16)5-1-3-6(15)4-2-5/h1-4,7H,16H2/t7-/m0/s1. The highest BCUT2D eigenvalue weighted by molar-refractivity contribution is 14.1. The van der Waals surface area contributed by atoms with Crippen LogP contribution in [-0.4, -0.2) is 12.1 Å². The molecular formula is C9H7F5IN. The topological polar surface area (TPSA) is 26.0 Å². The first-order chi connectivity index (χ1) is 7.16. The third kappa shape index (κ3) is 2.62. The van der Waals surface area contributed by atoms with Gasteiger partial charge in [-0.1, -0.05) is 12.1 Å². The molecule has 0 saturated heterocycles. The van der Waals surface area contributed by atoms with Crippen LogP contribution in [0.15, 0.2) is 24.3 Å². The van der Waals surface area contributed by atoms with Gasteiger partial charge in [-0.25, -0.2) is 0 Å². The van der Waals surface area contributed by atoms with Crippen LogP contribution in [0.3, 0.4) is 0 Å². The summed E-state index contributed by atoms with van der Waals surface area (Å²) >= 11 is 1.91. The second-order valence-corrected chi connectivity index (χ2v) is 4.40. The van der Waals surface area contributed by atoms with Gasteiger partial charge in [-0.05, 0) is 40.3 Å². The van der Waals surface area contributed by atoms with Crippen LogP contribution in [0.4, 0.5) is 22.0 Å². The van der Waals surface area contributed by atoms with Crippen LogP contribution in [0.1, 0.15) is 11.6 Å². The number of nitrogens with two attached hydrogens (primary N) is 1. The molecule has 16 heavy (non-hydrogen) atoms. The molecule has 1 aromatic carbocycles. The van der Waals surface area contributed by atoms with E-state index in [9.17, 15) is 22.0 Å². The number of rotatable bonds is 2. The van der Waals surface area contributed by atoms with E-state index in [0.29, 0.717) is 0 Å². The van der Waals surface area contributed by atoms with Crippen molar-refractivity contribution >= 4 is 22.6 Å². The molecule has 0 saturated carbocycles. The minimum absolute atomic E-state index is 0.247. The summed E-state index contributed by atoms with van der Waals surface area (Å²) in [4.78, 5) is 0. The second kappa shape index (κ2) is 4.44. The van der Waals surface area contributed by atoms with Crippen molar-refractivity contribution in [2.75, 3.05) is 0 Å². The molecule has 0 bridgehead atoms. The molecule has 0 aliphatic rings. The molecule has 0 radical (unpaired) electrons.